The third-order valence-corrected chi connectivity index (χ3v) is 3.92. The van der Waals surface area contributed by atoms with Gasteiger partial charge in [-0.05, 0) is 44.4 Å². The predicted octanol–water partition coefficient (Wildman–Crippen LogP) is 3.46. The maximum atomic E-state index is 12.6. The molecule has 0 aliphatic carbocycles. The van der Waals surface area contributed by atoms with Crippen LogP contribution < -0.4 is 10.1 Å². The molecule has 1 aromatic heterocycles. The topological polar surface area (TPSA) is 77.8 Å². The van der Waals surface area contributed by atoms with Gasteiger partial charge in [-0.25, -0.2) is 4.79 Å². The fourth-order valence-corrected chi connectivity index (χ4v) is 2.72. The molecule has 1 N–H and O–H groups in total. The second-order valence-electron chi connectivity index (χ2n) is 6.33. The van der Waals surface area contributed by atoms with E-state index in [2.05, 4.69) is 5.32 Å². The minimum Gasteiger partial charge on any atom is -0.494 e. The molecule has 1 amide bonds. The van der Waals surface area contributed by atoms with Crippen molar-refractivity contribution in [1.29, 1.82) is 0 Å². The summed E-state index contributed by atoms with van der Waals surface area (Å²) < 4.78 is 16.0. The van der Waals surface area contributed by atoms with Crippen LogP contribution in [0.4, 0.5) is 0 Å². The van der Waals surface area contributed by atoms with Crippen molar-refractivity contribution in [3.8, 4) is 5.75 Å². The fraction of sp³-hybridized carbons (Fsp3) is 0.474. The highest BCUT2D eigenvalue weighted by atomic mass is 16.5. The maximum Gasteiger partial charge on any atom is 0.328 e. The molecule has 6 heteroatoms. The summed E-state index contributed by atoms with van der Waals surface area (Å²) in [6.45, 7) is 8.23. The van der Waals surface area contributed by atoms with Crippen molar-refractivity contribution in [1.82, 2.24) is 5.32 Å². The molecule has 136 valence electrons. The number of esters is 1. The van der Waals surface area contributed by atoms with Crippen LogP contribution in [0.15, 0.2) is 22.6 Å². The monoisotopic (exact) mass is 347 g/mol. The van der Waals surface area contributed by atoms with Gasteiger partial charge < -0.3 is 19.2 Å². The van der Waals surface area contributed by atoms with Gasteiger partial charge >= 0.3 is 5.97 Å². The van der Waals surface area contributed by atoms with Gasteiger partial charge in [-0.2, -0.15) is 0 Å². The lowest BCUT2D eigenvalue weighted by Crippen LogP contribution is -2.42. The summed E-state index contributed by atoms with van der Waals surface area (Å²) in [5.41, 5.74) is 1.31. The van der Waals surface area contributed by atoms with E-state index in [9.17, 15) is 9.59 Å². The normalized spacial score (nSPS) is 12.2. The number of fused-ring (bicyclic) bond motifs is 1. The average Bonchev–Trinajstić information content (AvgIpc) is 2.90. The van der Waals surface area contributed by atoms with Crippen LogP contribution in [0.1, 0.15) is 43.3 Å². The molecule has 0 spiro atoms. The first-order valence-electron chi connectivity index (χ1n) is 8.42. The van der Waals surface area contributed by atoms with Crippen LogP contribution in [0.25, 0.3) is 11.0 Å². The van der Waals surface area contributed by atoms with E-state index in [1.165, 1.54) is 7.11 Å². The standard InChI is InChI=1S/C19H25NO5/c1-6-24-13-7-8-16-14(10-13)12(4)17(25-16)18(21)20-15(9-11(2)3)19(22)23-5/h7-8,10-11,15H,6,9H2,1-5H3,(H,20,21)/t15-/m0/s1. The van der Waals surface area contributed by atoms with Crippen molar-refractivity contribution < 1.29 is 23.5 Å². The number of hydrogen-bond acceptors (Lipinski definition) is 5. The Morgan fingerprint density at radius 3 is 2.60 bits per heavy atom. The molecular formula is C19H25NO5. The molecule has 0 saturated heterocycles. The first-order chi connectivity index (χ1) is 11.9. The quantitative estimate of drug-likeness (QED) is 0.776. The van der Waals surface area contributed by atoms with E-state index < -0.39 is 17.9 Å². The highest BCUT2D eigenvalue weighted by Gasteiger charge is 2.26. The highest BCUT2D eigenvalue weighted by Crippen LogP contribution is 2.29. The van der Waals surface area contributed by atoms with Gasteiger partial charge in [0.05, 0.1) is 13.7 Å². The lowest BCUT2D eigenvalue weighted by atomic mass is 10.0. The summed E-state index contributed by atoms with van der Waals surface area (Å²) in [5.74, 6) is 0.256. The molecule has 6 nitrogen and oxygen atoms in total. The van der Waals surface area contributed by atoms with Crippen molar-refractivity contribution in [3.05, 3.63) is 29.5 Å². The van der Waals surface area contributed by atoms with Gasteiger partial charge in [0.1, 0.15) is 17.4 Å². The number of carbonyl (C=O) groups is 2. The lowest BCUT2D eigenvalue weighted by molar-refractivity contribution is -0.143. The Labute approximate surface area is 147 Å². The van der Waals surface area contributed by atoms with Gasteiger partial charge in [0, 0.05) is 10.9 Å². The second kappa shape index (κ2) is 8.05. The van der Waals surface area contributed by atoms with E-state index >= 15 is 0 Å². The lowest BCUT2D eigenvalue weighted by Gasteiger charge is -2.17. The molecule has 1 atom stereocenters. The SMILES string of the molecule is CCOc1ccc2oc(C(=O)N[C@@H](CC(C)C)C(=O)OC)c(C)c2c1. The number of methoxy groups -OCH3 is 1. The minimum absolute atomic E-state index is 0.196. The number of amides is 1. The second-order valence-corrected chi connectivity index (χ2v) is 6.33. The zero-order chi connectivity index (χ0) is 18.6. The molecule has 2 rings (SSSR count). The van der Waals surface area contributed by atoms with Gasteiger partial charge in [0.2, 0.25) is 0 Å². The molecule has 0 aliphatic heterocycles. The number of hydrogen-bond donors (Lipinski definition) is 1. The van der Waals surface area contributed by atoms with Crippen molar-refractivity contribution in [2.24, 2.45) is 5.92 Å². The van der Waals surface area contributed by atoms with E-state index in [-0.39, 0.29) is 11.7 Å². The Hall–Kier alpha value is -2.50. The molecule has 0 radical (unpaired) electrons. The van der Waals surface area contributed by atoms with Crippen LogP contribution >= 0.6 is 0 Å². The van der Waals surface area contributed by atoms with Crippen molar-refractivity contribution in [2.75, 3.05) is 13.7 Å². The number of nitrogens with one attached hydrogen (secondary N) is 1. The zero-order valence-electron chi connectivity index (χ0n) is 15.3. The molecule has 2 aromatic rings. The smallest absolute Gasteiger partial charge is 0.328 e. The van der Waals surface area contributed by atoms with Crippen LogP contribution in [-0.4, -0.2) is 31.6 Å². The Bertz CT molecular complexity index is 763. The van der Waals surface area contributed by atoms with Gasteiger partial charge in [-0.15, -0.1) is 0 Å². The summed E-state index contributed by atoms with van der Waals surface area (Å²) >= 11 is 0. The molecule has 0 fully saturated rings. The summed E-state index contributed by atoms with van der Waals surface area (Å²) in [5, 5.41) is 3.53. The molecule has 0 unspecified atom stereocenters. The minimum atomic E-state index is -0.705. The number of aryl methyl sites for hydroxylation is 1. The molecule has 0 saturated carbocycles. The first-order valence-corrected chi connectivity index (χ1v) is 8.42. The van der Waals surface area contributed by atoms with Gasteiger partial charge in [0.15, 0.2) is 5.76 Å². The van der Waals surface area contributed by atoms with Crippen LogP contribution in [0, 0.1) is 12.8 Å². The fourth-order valence-electron chi connectivity index (χ4n) is 2.72. The Morgan fingerprint density at radius 1 is 1.28 bits per heavy atom. The van der Waals surface area contributed by atoms with E-state index in [1.807, 2.05) is 33.8 Å². The zero-order valence-corrected chi connectivity index (χ0v) is 15.3. The number of carbonyl (C=O) groups excluding carboxylic acids is 2. The molecule has 0 bridgehead atoms. The average molecular weight is 347 g/mol. The van der Waals surface area contributed by atoms with E-state index in [1.54, 1.807) is 12.1 Å². The number of furan rings is 1. The summed E-state index contributed by atoms with van der Waals surface area (Å²) in [6.07, 6.45) is 0.492. The van der Waals surface area contributed by atoms with Crippen LogP contribution in [0.2, 0.25) is 0 Å². The Balaban J connectivity index is 2.28. The molecule has 1 heterocycles. The summed E-state index contributed by atoms with van der Waals surface area (Å²) in [6, 6.07) is 4.71. The van der Waals surface area contributed by atoms with Crippen LogP contribution in [-0.2, 0) is 9.53 Å². The summed E-state index contributed by atoms with van der Waals surface area (Å²) in [7, 11) is 1.31. The summed E-state index contributed by atoms with van der Waals surface area (Å²) in [4.78, 5) is 24.5. The van der Waals surface area contributed by atoms with E-state index in [0.717, 1.165) is 11.1 Å². The maximum absolute atomic E-state index is 12.6. The van der Waals surface area contributed by atoms with Crippen molar-refractivity contribution in [2.45, 2.75) is 40.2 Å². The number of ether oxygens (including phenoxy) is 2. The molecule has 0 aliphatic rings. The first kappa shape index (κ1) is 18.8. The van der Waals surface area contributed by atoms with Crippen LogP contribution in [0.5, 0.6) is 5.75 Å². The third kappa shape index (κ3) is 4.32. The largest absolute Gasteiger partial charge is 0.494 e. The number of rotatable bonds is 7. The highest BCUT2D eigenvalue weighted by molar-refractivity contribution is 6.00. The van der Waals surface area contributed by atoms with Gasteiger partial charge in [-0.1, -0.05) is 13.8 Å². The third-order valence-electron chi connectivity index (χ3n) is 3.92. The Kier molecular flexibility index (Phi) is 6.07. The number of benzene rings is 1. The molecule has 1 aromatic carbocycles. The molecular weight excluding hydrogens is 322 g/mol. The predicted molar refractivity (Wildman–Crippen MR) is 94.8 cm³/mol. The van der Waals surface area contributed by atoms with E-state index in [4.69, 9.17) is 13.9 Å². The van der Waals surface area contributed by atoms with Gasteiger partial charge in [-0.3, -0.25) is 4.79 Å². The van der Waals surface area contributed by atoms with E-state index in [0.29, 0.717) is 24.2 Å². The van der Waals surface area contributed by atoms with Crippen molar-refractivity contribution in [3.63, 3.8) is 0 Å². The van der Waals surface area contributed by atoms with Gasteiger partial charge in [0.25, 0.3) is 5.91 Å². The van der Waals surface area contributed by atoms with Crippen molar-refractivity contribution >= 4 is 22.8 Å². The Morgan fingerprint density at radius 2 is 2.00 bits per heavy atom. The molecule has 25 heavy (non-hydrogen) atoms. The van der Waals surface area contributed by atoms with Crippen LogP contribution in [0.3, 0.4) is 0 Å².